The molecule has 0 aromatic carbocycles. The van der Waals surface area contributed by atoms with Gasteiger partial charge in [0.15, 0.2) is 0 Å². The summed E-state index contributed by atoms with van der Waals surface area (Å²) >= 11 is 0. The van der Waals surface area contributed by atoms with Gasteiger partial charge in [-0.15, -0.1) is 0 Å². The SMILES string of the molecule is CCN(C)CCNC(=O)C1CCCCCC1N. The summed E-state index contributed by atoms with van der Waals surface area (Å²) in [6, 6.07) is 0.0569. The second kappa shape index (κ2) is 7.67. The number of nitrogens with one attached hydrogen (secondary N) is 1. The Kier molecular flexibility index (Phi) is 6.52. The Morgan fingerprint density at radius 1 is 1.35 bits per heavy atom. The van der Waals surface area contributed by atoms with Crippen LogP contribution in [0, 0.1) is 5.92 Å². The van der Waals surface area contributed by atoms with Crippen molar-refractivity contribution in [3.63, 3.8) is 0 Å². The summed E-state index contributed by atoms with van der Waals surface area (Å²) < 4.78 is 0. The second-order valence-electron chi connectivity index (χ2n) is 5.10. The molecule has 1 rings (SSSR count). The van der Waals surface area contributed by atoms with Crippen LogP contribution in [0.3, 0.4) is 0 Å². The van der Waals surface area contributed by atoms with Gasteiger partial charge in [-0.2, -0.15) is 0 Å². The van der Waals surface area contributed by atoms with E-state index >= 15 is 0 Å². The lowest BCUT2D eigenvalue weighted by Gasteiger charge is -2.21. The van der Waals surface area contributed by atoms with Crippen LogP contribution in [0.2, 0.25) is 0 Å². The van der Waals surface area contributed by atoms with Crippen LogP contribution in [0.25, 0.3) is 0 Å². The molecule has 0 bridgehead atoms. The first kappa shape index (κ1) is 14.5. The van der Waals surface area contributed by atoms with Crippen LogP contribution in [0.4, 0.5) is 0 Å². The number of amides is 1. The maximum absolute atomic E-state index is 12.0. The molecule has 0 radical (unpaired) electrons. The van der Waals surface area contributed by atoms with E-state index in [4.69, 9.17) is 5.73 Å². The molecule has 1 saturated carbocycles. The highest BCUT2D eigenvalue weighted by atomic mass is 16.1. The molecule has 0 aromatic rings. The molecule has 2 unspecified atom stereocenters. The van der Waals surface area contributed by atoms with Gasteiger partial charge in [0.1, 0.15) is 0 Å². The smallest absolute Gasteiger partial charge is 0.224 e. The maximum atomic E-state index is 12.0. The first-order valence-corrected chi connectivity index (χ1v) is 6.87. The molecule has 1 fully saturated rings. The van der Waals surface area contributed by atoms with Crippen molar-refractivity contribution < 1.29 is 4.79 Å². The minimum absolute atomic E-state index is 0.0319. The molecular weight excluding hydrogens is 214 g/mol. The van der Waals surface area contributed by atoms with Gasteiger partial charge in [-0.3, -0.25) is 4.79 Å². The van der Waals surface area contributed by atoms with Gasteiger partial charge in [0.25, 0.3) is 0 Å². The van der Waals surface area contributed by atoms with E-state index in [0.717, 1.165) is 38.9 Å². The summed E-state index contributed by atoms with van der Waals surface area (Å²) in [6.07, 6.45) is 5.48. The molecule has 1 amide bonds. The Labute approximate surface area is 105 Å². The highest BCUT2D eigenvalue weighted by molar-refractivity contribution is 5.79. The number of rotatable bonds is 5. The first-order valence-electron chi connectivity index (χ1n) is 6.87. The van der Waals surface area contributed by atoms with Crippen molar-refractivity contribution >= 4 is 5.91 Å². The zero-order valence-corrected chi connectivity index (χ0v) is 11.2. The summed E-state index contributed by atoms with van der Waals surface area (Å²) in [6.45, 7) is 4.76. The standard InChI is InChI=1S/C13H27N3O/c1-3-16(2)10-9-15-13(17)11-7-5-4-6-8-12(11)14/h11-12H,3-10,14H2,1-2H3,(H,15,17). The molecule has 4 nitrogen and oxygen atoms in total. The fraction of sp³-hybridized carbons (Fsp3) is 0.923. The van der Waals surface area contributed by atoms with E-state index in [1.165, 1.54) is 12.8 Å². The van der Waals surface area contributed by atoms with Crippen molar-refractivity contribution in [3.05, 3.63) is 0 Å². The lowest BCUT2D eigenvalue weighted by atomic mass is 9.94. The largest absolute Gasteiger partial charge is 0.355 e. The number of nitrogens with zero attached hydrogens (tertiary/aromatic N) is 1. The van der Waals surface area contributed by atoms with Crippen LogP contribution in [0.1, 0.15) is 39.0 Å². The Bertz CT molecular complexity index is 233. The number of likely N-dealkylation sites (N-methyl/N-ethyl adjacent to an activating group) is 1. The van der Waals surface area contributed by atoms with E-state index in [1.807, 2.05) is 0 Å². The van der Waals surface area contributed by atoms with Gasteiger partial charge in [-0.1, -0.05) is 26.2 Å². The van der Waals surface area contributed by atoms with Gasteiger partial charge < -0.3 is 16.0 Å². The molecule has 3 N–H and O–H groups in total. The van der Waals surface area contributed by atoms with E-state index in [9.17, 15) is 4.79 Å². The number of carbonyl (C=O) groups excluding carboxylic acids is 1. The predicted molar refractivity (Wildman–Crippen MR) is 70.7 cm³/mol. The molecule has 0 spiro atoms. The van der Waals surface area contributed by atoms with Crippen LogP contribution < -0.4 is 11.1 Å². The fourth-order valence-corrected chi connectivity index (χ4v) is 2.32. The summed E-state index contributed by atoms with van der Waals surface area (Å²) in [4.78, 5) is 14.2. The van der Waals surface area contributed by atoms with E-state index in [-0.39, 0.29) is 17.9 Å². The average Bonchev–Trinajstić information content (AvgIpc) is 2.53. The van der Waals surface area contributed by atoms with E-state index < -0.39 is 0 Å². The van der Waals surface area contributed by atoms with Crippen LogP contribution >= 0.6 is 0 Å². The monoisotopic (exact) mass is 241 g/mol. The van der Waals surface area contributed by atoms with Crippen LogP contribution in [0.15, 0.2) is 0 Å². The number of hydrogen-bond donors (Lipinski definition) is 2. The minimum atomic E-state index is 0.0319. The lowest BCUT2D eigenvalue weighted by molar-refractivity contribution is -0.125. The maximum Gasteiger partial charge on any atom is 0.224 e. The van der Waals surface area contributed by atoms with Crippen molar-refractivity contribution in [2.45, 2.75) is 45.1 Å². The van der Waals surface area contributed by atoms with Crippen LogP contribution in [-0.4, -0.2) is 43.5 Å². The van der Waals surface area contributed by atoms with Crippen molar-refractivity contribution in [1.29, 1.82) is 0 Å². The van der Waals surface area contributed by atoms with Crippen LogP contribution in [-0.2, 0) is 4.79 Å². The molecule has 0 aliphatic heterocycles. The van der Waals surface area contributed by atoms with Gasteiger partial charge in [-0.05, 0) is 26.4 Å². The van der Waals surface area contributed by atoms with Gasteiger partial charge in [-0.25, -0.2) is 0 Å². The Morgan fingerprint density at radius 2 is 2.06 bits per heavy atom. The normalized spacial score (nSPS) is 25.6. The van der Waals surface area contributed by atoms with Gasteiger partial charge in [0.05, 0.1) is 5.92 Å². The molecule has 1 aliphatic rings. The molecule has 0 saturated heterocycles. The van der Waals surface area contributed by atoms with Crippen molar-refractivity contribution in [1.82, 2.24) is 10.2 Å². The summed E-state index contributed by atoms with van der Waals surface area (Å²) in [7, 11) is 2.06. The molecule has 17 heavy (non-hydrogen) atoms. The third-order valence-corrected chi connectivity index (χ3v) is 3.74. The average molecular weight is 241 g/mol. The summed E-state index contributed by atoms with van der Waals surface area (Å²) in [5, 5.41) is 3.02. The zero-order chi connectivity index (χ0) is 12.7. The molecule has 2 atom stereocenters. The van der Waals surface area contributed by atoms with Gasteiger partial charge in [0, 0.05) is 19.1 Å². The van der Waals surface area contributed by atoms with Crippen molar-refractivity contribution in [2.24, 2.45) is 11.7 Å². The van der Waals surface area contributed by atoms with Crippen LogP contribution in [0.5, 0.6) is 0 Å². The van der Waals surface area contributed by atoms with E-state index in [2.05, 4.69) is 24.2 Å². The lowest BCUT2D eigenvalue weighted by Crippen LogP contribution is -2.43. The van der Waals surface area contributed by atoms with Gasteiger partial charge >= 0.3 is 0 Å². The Balaban J connectivity index is 2.30. The molecule has 0 aromatic heterocycles. The second-order valence-corrected chi connectivity index (χ2v) is 5.10. The quantitative estimate of drug-likeness (QED) is 0.705. The highest BCUT2D eigenvalue weighted by Crippen LogP contribution is 2.22. The molecule has 0 heterocycles. The molecular formula is C13H27N3O. The molecule has 100 valence electrons. The third-order valence-electron chi connectivity index (χ3n) is 3.74. The minimum Gasteiger partial charge on any atom is -0.355 e. The summed E-state index contributed by atoms with van der Waals surface area (Å²) in [5.41, 5.74) is 6.07. The number of nitrogens with two attached hydrogens (primary N) is 1. The molecule has 4 heteroatoms. The Hall–Kier alpha value is -0.610. The molecule has 1 aliphatic carbocycles. The summed E-state index contributed by atoms with van der Waals surface area (Å²) in [5.74, 6) is 0.188. The number of carbonyl (C=O) groups is 1. The predicted octanol–water partition coefficient (Wildman–Crippen LogP) is 0.962. The third kappa shape index (κ3) is 5.04. The topological polar surface area (TPSA) is 58.4 Å². The zero-order valence-electron chi connectivity index (χ0n) is 11.2. The first-order chi connectivity index (χ1) is 8.15. The van der Waals surface area contributed by atoms with Gasteiger partial charge in [0.2, 0.25) is 5.91 Å². The fourth-order valence-electron chi connectivity index (χ4n) is 2.32. The highest BCUT2D eigenvalue weighted by Gasteiger charge is 2.26. The van der Waals surface area contributed by atoms with E-state index in [0.29, 0.717) is 0 Å². The van der Waals surface area contributed by atoms with Crippen molar-refractivity contribution in [3.8, 4) is 0 Å². The number of hydrogen-bond acceptors (Lipinski definition) is 3. The van der Waals surface area contributed by atoms with Crippen molar-refractivity contribution in [2.75, 3.05) is 26.7 Å². The van der Waals surface area contributed by atoms with E-state index in [1.54, 1.807) is 0 Å². The Morgan fingerprint density at radius 3 is 2.76 bits per heavy atom.